The fraction of sp³-hybridized carbons (Fsp3) is 0.267. The van der Waals surface area contributed by atoms with Gasteiger partial charge in [-0.05, 0) is 35.9 Å². The third-order valence-electron chi connectivity index (χ3n) is 7.20. The first kappa shape index (κ1) is 26.0. The number of carbonyl (C=O) groups is 4. The summed E-state index contributed by atoms with van der Waals surface area (Å²) in [5.74, 6) is -0.431. The highest BCUT2D eigenvalue weighted by Gasteiger charge is 2.44. The van der Waals surface area contributed by atoms with E-state index in [0.29, 0.717) is 41.3 Å². The molecule has 9 heteroatoms. The van der Waals surface area contributed by atoms with Crippen LogP contribution < -0.4 is 9.47 Å². The van der Waals surface area contributed by atoms with Gasteiger partial charge in [0, 0.05) is 38.2 Å². The highest BCUT2D eigenvalue weighted by atomic mass is 16.5. The number of rotatable bonds is 7. The zero-order valence-electron chi connectivity index (χ0n) is 21.8. The Bertz CT molecular complexity index is 1380. The van der Waals surface area contributed by atoms with Crippen molar-refractivity contribution in [1.82, 2.24) is 14.7 Å². The highest BCUT2D eigenvalue weighted by molar-refractivity contribution is 6.22. The van der Waals surface area contributed by atoms with Crippen LogP contribution in [0.25, 0.3) is 0 Å². The molecule has 1 saturated heterocycles. The summed E-state index contributed by atoms with van der Waals surface area (Å²) in [6, 6.07) is 20.0. The fourth-order valence-electron chi connectivity index (χ4n) is 5.11. The molecule has 2 aliphatic heterocycles. The summed E-state index contributed by atoms with van der Waals surface area (Å²) in [5.41, 5.74) is 1.91. The van der Waals surface area contributed by atoms with Crippen molar-refractivity contribution >= 4 is 23.6 Å². The predicted molar refractivity (Wildman–Crippen MR) is 143 cm³/mol. The number of hydrogen-bond donors (Lipinski definition) is 0. The Morgan fingerprint density at radius 2 is 1.31 bits per heavy atom. The Balaban J connectivity index is 1.33. The average molecular weight is 528 g/mol. The molecule has 4 amide bonds. The van der Waals surface area contributed by atoms with Crippen LogP contribution in [0.5, 0.6) is 11.5 Å². The number of piperazine rings is 1. The Morgan fingerprint density at radius 1 is 0.744 bits per heavy atom. The Labute approximate surface area is 226 Å². The zero-order chi connectivity index (χ0) is 27.5. The van der Waals surface area contributed by atoms with E-state index < -0.39 is 17.9 Å². The largest absolute Gasteiger partial charge is 0.493 e. The summed E-state index contributed by atoms with van der Waals surface area (Å²) in [6.07, 6.45) is 0.204. The molecule has 0 bridgehead atoms. The van der Waals surface area contributed by atoms with Gasteiger partial charge in [0.25, 0.3) is 17.7 Å². The predicted octanol–water partition coefficient (Wildman–Crippen LogP) is 2.90. The third kappa shape index (κ3) is 4.95. The lowest BCUT2D eigenvalue weighted by atomic mass is 10.0. The minimum absolute atomic E-state index is 0.177. The van der Waals surface area contributed by atoms with Crippen LogP contribution >= 0.6 is 0 Å². The maximum Gasteiger partial charge on any atom is 0.262 e. The van der Waals surface area contributed by atoms with Gasteiger partial charge in [-0.2, -0.15) is 0 Å². The van der Waals surface area contributed by atoms with Crippen molar-refractivity contribution in [3.8, 4) is 11.5 Å². The average Bonchev–Trinajstić information content (AvgIpc) is 3.24. The molecule has 0 aromatic heterocycles. The lowest BCUT2D eigenvalue weighted by molar-refractivity contribution is -0.136. The second kappa shape index (κ2) is 11.0. The van der Waals surface area contributed by atoms with Crippen LogP contribution in [0, 0.1) is 0 Å². The van der Waals surface area contributed by atoms with Gasteiger partial charge in [-0.3, -0.25) is 24.1 Å². The SMILES string of the molecule is COc1ccc(C(=O)N2CCN(C(=O)C(Cc3ccccc3)N3C(=O)c4ccccc4C3=O)CC2)cc1OC. The van der Waals surface area contributed by atoms with Crippen LogP contribution in [-0.2, 0) is 11.2 Å². The van der Waals surface area contributed by atoms with Gasteiger partial charge in [0.05, 0.1) is 25.3 Å². The number of hydrogen-bond acceptors (Lipinski definition) is 6. The smallest absolute Gasteiger partial charge is 0.262 e. The van der Waals surface area contributed by atoms with Crippen LogP contribution in [0.3, 0.4) is 0 Å². The molecule has 0 saturated carbocycles. The van der Waals surface area contributed by atoms with Gasteiger partial charge in [-0.1, -0.05) is 42.5 Å². The van der Waals surface area contributed by atoms with Crippen LogP contribution in [-0.4, -0.2) is 84.8 Å². The maximum absolute atomic E-state index is 13.9. The number of fused-ring (bicyclic) bond motifs is 1. The quantitative estimate of drug-likeness (QED) is 0.439. The van der Waals surface area contributed by atoms with E-state index in [4.69, 9.17) is 9.47 Å². The van der Waals surface area contributed by atoms with Gasteiger partial charge >= 0.3 is 0 Å². The maximum atomic E-state index is 13.9. The number of benzene rings is 3. The lowest BCUT2D eigenvalue weighted by Crippen LogP contribution is -2.57. The molecule has 2 aliphatic rings. The first-order valence-electron chi connectivity index (χ1n) is 12.7. The molecule has 39 heavy (non-hydrogen) atoms. The zero-order valence-corrected chi connectivity index (χ0v) is 21.8. The second-order valence-corrected chi connectivity index (χ2v) is 9.42. The highest BCUT2D eigenvalue weighted by Crippen LogP contribution is 2.29. The van der Waals surface area contributed by atoms with E-state index in [2.05, 4.69) is 0 Å². The van der Waals surface area contributed by atoms with Crippen molar-refractivity contribution in [2.45, 2.75) is 12.5 Å². The van der Waals surface area contributed by atoms with Crippen molar-refractivity contribution in [1.29, 1.82) is 0 Å². The molecular weight excluding hydrogens is 498 g/mol. The van der Waals surface area contributed by atoms with Crippen molar-refractivity contribution in [3.05, 3.63) is 95.1 Å². The molecule has 1 unspecified atom stereocenters. The van der Waals surface area contributed by atoms with Gasteiger partial charge in [0.2, 0.25) is 5.91 Å². The molecule has 0 spiro atoms. The van der Waals surface area contributed by atoms with E-state index in [9.17, 15) is 19.2 Å². The number of imide groups is 1. The Hall–Kier alpha value is -4.66. The summed E-state index contributed by atoms with van der Waals surface area (Å²) in [7, 11) is 3.04. The molecular formula is C30H29N3O6. The standard InChI is InChI=1S/C30H29N3O6/c1-38-25-13-12-21(19-26(25)39-2)27(34)31-14-16-32(17-15-31)30(37)24(18-20-8-4-3-5-9-20)33-28(35)22-10-6-7-11-23(22)29(33)36/h3-13,19,24H,14-18H2,1-2H3. The Kier molecular flexibility index (Phi) is 7.31. The molecule has 0 N–H and O–H groups in total. The van der Waals surface area contributed by atoms with Crippen LogP contribution in [0.2, 0.25) is 0 Å². The van der Waals surface area contributed by atoms with Crippen molar-refractivity contribution in [2.24, 2.45) is 0 Å². The minimum atomic E-state index is -0.993. The molecule has 1 atom stereocenters. The molecule has 3 aromatic carbocycles. The normalized spacial score (nSPS) is 15.7. The molecule has 9 nitrogen and oxygen atoms in total. The summed E-state index contributed by atoms with van der Waals surface area (Å²) < 4.78 is 10.6. The second-order valence-electron chi connectivity index (χ2n) is 9.42. The summed E-state index contributed by atoms with van der Waals surface area (Å²) in [4.78, 5) is 58.0. The van der Waals surface area contributed by atoms with Gasteiger partial charge in [0.15, 0.2) is 11.5 Å². The third-order valence-corrected chi connectivity index (χ3v) is 7.20. The van der Waals surface area contributed by atoms with Crippen molar-refractivity contribution in [2.75, 3.05) is 40.4 Å². The van der Waals surface area contributed by atoms with E-state index in [0.717, 1.165) is 10.5 Å². The lowest BCUT2D eigenvalue weighted by Gasteiger charge is -2.38. The number of nitrogens with zero attached hydrogens (tertiary/aromatic N) is 3. The van der Waals surface area contributed by atoms with Gasteiger partial charge in [-0.15, -0.1) is 0 Å². The Morgan fingerprint density at radius 3 is 1.90 bits per heavy atom. The molecule has 0 radical (unpaired) electrons. The number of ether oxygens (including phenoxy) is 2. The first-order chi connectivity index (χ1) is 18.9. The number of carbonyl (C=O) groups excluding carboxylic acids is 4. The van der Waals surface area contributed by atoms with Crippen molar-refractivity contribution < 1.29 is 28.7 Å². The van der Waals surface area contributed by atoms with Crippen LogP contribution in [0.4, 0.5) is 0 Å². The molecule has 5 rings (SSSR count). The van der Waals surface area contributed by atoms with Gasteiger partial charge in [0.1, 0.15) is 6.04 Å². The van der Waals surface area contributed by atoms with Crippen molar-refractivity contribution in [3.63, 3.8) is 0 Å². The molecule has 200 valence electrons. The molecule has 0 aliphatic carbocycles. The summed E-state index contributed by atoms with van der Waals surface area (Å²) in [6.45, 7) is 1.21. The minimum Gasteiger partial charge on any atom is -0.493 e. The monoisotopic (exact) mass is 527 g/mol. The molecule has 1 fully saturated rings. The van der Waals surface area contributed by atoms with E-state index in [1.807, 2.05) is 30.3 Å². The number of methoxy groups -OCH3 is 2. The number of amides is 4. The van der Waals surface area contributed by atoms with Crippen LogP contribution in [0.15, 0.2) is 72.8 Å². The van der Waals surface area contributed by atoms with E-state index >= 15 is 0 Å². The topological polar surface area (TPSA) is 96.5 Å². The first-order valence-corrected chi connectivity index (χ1v) is 12.7. The van der Waals surface area contributed by atoms with Crippen LogP contribution in [0.1, 0.15) is 36.6 Å². The fourth-order valence-corrected chi connectivity index (χ4v) is 5.11. The summed E-state index contributed by atoms with van der Waals surface area (Å²) in [5, 5.41) is 0. The van der Waals surface area contributed by atoms with Gasteiger partial charge < -0.3 is 19.3 Å². The summed E-state index contributed by atoms with van der Waals surface area (Å²) >= 11 is 0. The van der Waals surface area contributed by atoms with E-state index in [1.165, 1.54) is 14.2 Å². The van der Waals surface area contributed by atoms with E-state index in [-0.39, 0.29) is 31.3 Å². The van der Waals surface area contributed by atoms with E-state index in [1.54, 1.807) is 52.3 Å². The molecule has 3 aromatic rings. The van der Waals surface area contributed by atoms with Gasteiger partial charge in [-0.25, -0.2) is 0 Å². The molecule has 2 heterocycles.